The molecule has 2 aliphatic rings. The van der Waals surface area contributed by atoms with Crippen molar-refractivity contribution in [1.82, 2.24) is 10.8 Å². The molecule has 0 bridgehead atoms. The summed E-state index contributed by atoms with van der Waals surface area (Å²) in [6.45, 7) is 2.86. The monoisotopic (exact) mass is 553 g/mol. The average molecular weight is 554 g/mol. The van der Waals surface area contributed by atoms with Gasteiger partial charge < -0.3 is 4.90 Å². The van der Waals surface area contributed by atoms with Gasteiger partial charge in [-0.3, -0.25) is 19.7 Å². The lowest BCUT2D eigenvalue weighted by atomic mass is 9.85. The van der Waals surface area contributed by atoms with Crippen LogP contribution in [0, 0.1) is 12.8 Å². The standard InChI is InChI=1S/C35H43N3O3/c1-26-16-18-28(19-17-26)24-38-33-15-9-8-14-30(33)21-23-32(35(38)40)36-31(22-20-27-10-4-2-5-11-27)34(39)37-41-25-29-12-6-3-7-13-29/h3,6-9,12-19,27,31-32,36H,2,4-5,10-11,20-25H2,1H3,(H,37,39)/t31-,32-/m0/s1. The maximum atomic E-state index is 14.1. The molecule has 0 spiro atoms. The number of aryl methyl sites for hydroxylation is 2. The molecule has 3 aromatic rings. The summed E-state index contributed by atoms with van der Waals surface area (Å²) >= 11 is 0. The summed E-state index contributed by atoms with van der Waals surface area (Å²) < 4.78 is 0. The van der Waals surface area contributed by atoms with Gasteiger partial charge in [0.25, 0.3) is 5.91 Å². The van der Waals surface area contributed by atoms with E-state index in [9.17, 15) is 9.59 Å². The van der Waals surface area contributed by atoms with Crippen LogP contribution in [0.15, 0.2) is 78.9 Å². The summed E-state index contributed by atoms with van der Waals surface area (Å²) in [6, 6.07) is 25.3. The van der Waals surface area contributed by atoms with Gasteiger partial charge >= 0.3 is 0 Å². The quantitative estimate of drug-likeness (QED) is 0.269. The number of hydrogen-bond donors (Lipinski definition) is 2. The number of nitrogens with zero attached hydrogens (tertiary/aromatic N) is 1. The van der Waals surface area contributed by atoms with Crippen LogP contribution in [-0.4, -0.2) is 23.9 Å². The highest BCUT2D eigenvalue weighted by Crippen LogP contribution is 2.30. The topological polar surface area (TPSA) is 70.7 Å². The Morgan fingerprint density at radius 3 is 2.41 bits per heavy atom. The average Bonchev–Trinajstić information content (AvgIpc) is 3.13. The zero-order chi connectivity index (χ0) is 28.4. The third-order valence-electron chi connectivity index (χ3n) is 8.57. The summed E-state index contributed by atoms with van der Waals surface area (Å²) in [5.74, 6) is 0.436. The molecule has 1 aliphatic carbocycles. The van der Waals surface area contributed by atoms with Crippen LogP contribution in [0.1, 0.15) is 73.6 Å². The summed E-state index contributed by atoms with van der Waals surface area (Å²) in [5.41, 5.74) is 8.06. The minimum atomic E-state index is -0.510. The van der Waals surface area contributed by atoms with Gasteiger partial charge in [0.1, 0.15) is 0 Å². The molecule has 0 unspecified atom stereocenters. The Morgan fingerprint density at radius 1 is 0.902 bits per heavy atom. The van der Waals surface area contributed by atoms with Gasteiger partial charge in [-0.1, -0.05) is 110 Å². The zero-order valence-electron chi connectivity index (χ0n) is 24.2. The van der Waals surface area contributed by atoms with E-state index < -0.39 is 12.1 Å². The molecule has 5 rings (SSSR count). The normalized spacial score (nSPS) is 18.4. The zero-order valence-corrected chi connectivity index (χ0v) is 24.2. The summed E-state index contributed by atoms with van der Waals surface area (Å²) in [5, 5.41) is 3.51. The van der Waals surface area contributed by atoms with Crippen molar-refractivity contribution in [1.29, 1.82) is 0 Å². The fourth-order valence-electron chi connectivity index (χ4n) is 6.16. The largest absolute Gasteiger partial charge is 0.306 e. The van der Waals surface area contributed by atoms with E-state index in [0.717, 1.165) is 35.2 Å². The number of anilines is 1. The van der Waals surface area contributed by atoms with Crippen LogP contribution in [0.5, 0.6) is 0 Å². The summed E-state index contributed by atoms with van der Waals surface area (Å²) in [7, 11) is 0. The van der Waals surface area contributed by atoms with E-state index in [1.807, 2.05) is 53.4 Å². The molecule has 0 aromatic heterocycles. The smallest absolute Gasteiger partial charge is 0.260 e. The highest BCUT2D eigenvalue weighted by atomic mass is 16.6. The molecular weight excluding hydrogens is 510 g/mol. The van der Waals surface area contributed by atoms with Crippen molar-refractivity contribution >= 4 is 17.5 Å². The highest BCUT2D eigenvalue weighted by molar-refractivity contribution is 5.99. The molecule has 2 atom stereocenters. The molecule has 2 amide bonds. The maximum absolute atomic E-state index is 14.1. The minimum absolute atomic E-state index is 0.0104. The highest BCUT2D eigenvalue weighted by Gasteiger charge is 2.33. The molecule has 41 heavy (non-hydrogen) atoms. The Morgan fingerprint density at radius 2 is 1.63 bits per heavy atom. The van der Waals surface area contributed by atoms with Crippen LogP contribution in [0.4, 0.5) is 5.69 Å². The van der Waals surface area contributed by atoms with Gasteiger partial charge in [-0.15, -0.1) is 0 Å². The molecule has 1 fully saturated rings. The van der Waals surface area contributed by atoms with Gasteiger partial charge in [-0.05, 0) is 61.3 Å². The molecule has 1 saturated carbocycles. The Hall–Kier alpha value is -3.48. The summed E-state index contributed by atoms with van der Waals surface area (Å²) in [4.78, 5) is 35.1. The molecule has 6 heteroatoms. The first kappa shape index (κ1) is 29.0. The second-order valence-corrected chi connectivity index (χ2v) is 11.7. The van der Waals surface area contributed by atoms with E-state index in [4.69, 9.17) is 4.84 Å². The van der Waals surface area contributed by atoms with Gasteiger partial charge in [0, 0.05) is 5.69 Å². The number of fused-ring (bicyclic) bond motifs is 1. The van der Waals surface area contributed by atoms with Crippen LogP contribution in [-0.2, 0) is 34.0 Å². The number of carbonyl (C=O) groups excluding carboxylic acids is 2. The van der Waals surface area contributed by atoms with E-state index in [-0.39, 0.29) is 11.8 Å². The van der Waals surface area contributed by atoms with Crippen LogP contribution in [0.3, 0.4) is 0 Å². The molecule has 0 radical (unpaired) electrons. The SMILES string of the molecule is Cc1ccc(CN2C(=O)[C@@H](N[C@@H](CCC3CCCCC3)C(=O)NOCc3ccccc3)CCc3ccccc32)cc1. The Balaban J connectivity index is 1.31. The Kier molecular flexibility index (Phi) is 10.2. The van der Waals surface area contributed by atoms with E-state index in [1.54, 1.807) is 0 Å². The van der Waals surface area contributed by atoms with Crippen molar-refractivity contribution in [3.63, 3.8) is 0 Å². The van der Waals surface area contributed by atoms with Gasteiger partial charge in [0.15, 0.2) is 0 Å². The van der Waals surface area contributed by atoms with E-state index in [2.05, 4.69) is 48.1 Å². The maximum Gasteiger partial charge on any atom is 0.260 e. The number of hydrogen-bond acceptors (Lipinski definition) is 4. The lowest BCUT2D eigenvalue weighted by Crippen LogP contribution is -2.54. The third kappa shape index (κ3) is 8.05. The van der Waals surface area contributed by atoms with E-state index in [0.29, 0.717) is 31.9 Å². The van der Waals surface area contributed by atoms with Gasteiger partial charge in [0.2, 0.25) is 5.91 Å². The van der Waals surface area contributed by atoms with Crippen LogP contribution < -0.4 is 15.7 Å². The fourth-order valence-corrected chi connectivity index (χ4v) is 6.16. The van der Waals surface area contributed by atoms with Gasteiger partial charge in [-0.25, -0.2) is 5.48 Å². The van der Waals surface area contributed by atoms with Crippen molar-refractivity contribution in [3.05, 3.63) is 101 Å². The number of nitrogens with one attached hydrogen (secondary N) is 2. The second-order valence-electron chi connectivity index (χ2n) is 11.7. The van der Waals surface area contributed by atoms with Crippen molar-refractivity contribution in [2.24, 2.45) is 5.92 Å². The Bertz CT molecular complexity index is 1270. The number of benzene rings is 3. The molecule has 2 N–H and O–H groups in total. The number of amides is 2. The minimum Gasteiger partial charge on any atom is -0.306 e. The molecule has 6 nitrogen and oxygen atoms in total. The predicted octanol–water partition coefficient (Wildman–Crippen LogP) is 6.41. The lowest BCUT2D eigenvalue weighted by Gasteiger charge is -2.30. The van der Waals surface area contributed by atoms with Crippen LogP contribution in [0.2, 0.25) is 0 Å². The fraction of sp³-hybridized carbons (Fsp3) is 0.429. The van der Waals surface area contributed by atoms with Crippen molar-refractivity contribution < 1.29 is 14.4 Å². The molecule has 0 saturated heterocycles. The number of hydroxylamine groups is 1. The molecule has 3 aromatic carbocycles. The molecule has 216 valence electrons. The number of carbonyl (C=O) groups is 2. The second kappa shape index (κ2) is 14.4. The van der Waals surface area contributed by atoms with Crippen molar-refractivity contribution in [2.75, 3.05) is 4.90 Å². The van der Waals surface area contributed by atoms with Gasteiger partial charge in [-0.2, -0.15) is 0 Å². The molecule has 1 aliphatic heterocycles. The summed E-state index contributed by atoms with van der Waals surface area (Å²) in [6.07, 6.45) is 9.34. The first-order valence-electron chi connectivity index (χ1n) is 15.2. The first-order chi connectivity index (χ1) is 20.1. The molecular formula is C35H43N3O3. The lowest BCUT2D eigenvalue weighted by molar-refractivity contribution is -0.137. The van der Waals surface area contributed by atoms with Crippen molar-refractivity contribution in [2.45, 2.75) is 89.9 Å². The van der Waals surface area contributed by atoms with Crippen LogP contribution >= 0.6 is 0 Å². The third-order valence-corrected chi connectivity index (χ3v) is 8.57. The first-order valence-corrected chi connectivity index (χ1v) is 15.2. The van der Waals surface area contributed by atoms with E-state index >= 15 is 0 Å². The van der Waals surface area contributed by atoms with E-state index in [1.165, 1.54) is 37.7 Å². The number of rotatable bonds is 11. The number of para-hydroxylation sites is 1. The predicted molar refractivity (Wildman–Crippen MR) is 163 cm³/mol. The molecule has 1 heterocycles. The van der Waals surface area contributed by atoms with Crippen molar-refractivity contribution in [3.8, 4) is 0 Å². The van der Waals surface area contributed by atoms with Crippen LogP contribution in [0.25, 0.3) is 0 Å². The van der Waals surface area contributed by atoms with Gasteiger partial charge in [0.05, 0.1) is 25.2 Å². The Labute approximate surface area is 244 Å².